The molecule has 3 rings (SSSR count). The van der Waals surface area contributed by atoms with Crippen molar-refractivity contribution < 1.29 is 24.2 Å². The van der Waals surface area contributed by atoms with Crippen LogP contribution in [0.3, 0.4) is 0 Å². The highest BCUT2D eigenvalue weighted by atomic mass is 32.1. The van der Waals surface area contributed by atoms with E-state index in [0.717, 1.165) is 0 Å². The Bertz CT molecular complexity index is 1150. The van der Waals surface area contributed by atoms with E-state index in [0.29, 0.717) is 51.8 Å². The van der Waals surface area contributed by atoms with Gasteiger partial charge in [0.25, 0.3) is 5.56 Å². The van der Waals surface area contributed by atoms with Gasteiger partial charge in [0.05, 0.1) is 24.2 Å². The number of hydrogen-bond donors (Lipinski definition) is 1. The minimum Gasteiger partial charge on any atom is -0.494 e. The molecule has 2 aromatic heterocycles. The Balaban J connectivity index is 1.73. The molecular formula is C21H22N2O6S. The summed E-state index contributed by atoms with van der Waals surface area (Å²) in [6.45, 7) is 6.25. The number of aryl methyl sites for hydroxylation is 2. The summed E-state index contributed by atoms with van der Waals surface area (Å²) < 4.78 is 12.3. The van der Waals surface area contributed by atoms with Gasteiger partial charge in [0.15, 0.2) is 0 Å². The van der Waals surface area contributed by atoms with Crippen molar-refractivity contribution in [1.82, 2.24) is 9.55 Å². The number of carbonyl (C=O) groups excluding carboxylic acids is 1. The molecule has 1 aromatic carbocycles. The molecule has 2 heterocycles. The fourth-order valence-electron chi connectivity index (χ4n) is 3.08. The first kappa shape index (κ1) is 21.5. The lowest BCUT2D eigenvalue weighted by atomic mass is 10.2. The molecule has 1 N–H and O–H groups in total. The average molecular weight is 430 g/mol. The molecule has 0 amide bonds. The number of ether oxygens (including phenoxy) is 2. The van der Waals surface area contributed by atoms with Crippen LogP contribution < -0.4 is 10.3 Å². The molecule has 0 atom stereocenters. The van der Waals surface area contributed by atoms with Gasteiger partial charge in [-0.2, -0.15) is 0 Å². The van der Waals surface area contributed by atoms with Crippen LogP contribution in [0.5, 0.6) is 5.75 Å². The van der Waals surface area contributed by atoms with E-state index >= 15 is 0 Å². The second kappa shape index (κ2) is 9.08. The van der Waals surface area contributed by atoms with Crippen LogP contribution in [0.1, 0.15) is 44.8 Å². The Morgan fingerprint density at radius 3 is 2.53 bits per heavy atom. The summed E-state index contributed by atoms with van der Waals surface area (Å²) in [6.07, 6.45) is 0.558. The number of thiophene rings is 1. The van der Waals surface area contributed by atoms with Gasteiger partial charge in [-0.15, -0.1) is 11.3 Å². The zero-order valence-electron chi connectivity index (χ0n) is 16.9. The molecule has 3 aromatic rings. The smallest absolute Gasteiger partial charge is 0.348 e. The van der Waals surface area contributed by atoms with Crippen LogP contribution in [0.2, 0.25) is 0 Å². The van der Waals surface area contributed by atoms with Gasteiger partial charge >= 0.3 is 11.9 Å². The van der Waals surface area contributed by atoms with Crippen molar-refractivity contribution in [3.63, 3.8) is 0 Å². The summed E-state index contributed by atoms with van der Waals surface area (Å²) in [5, 5.41) is 9.36. The minimum absolute atomic E-state index is 0.187. The van der Waals surface area contributed by atoms with Crippen molar-refractivity contribution in [2.45, 2.75) is 33.7 Å². The highest BCUT2D eigenvalue weighted by Crippen LogP contribution is 2.28. The predicted molar refractivity (Wildman–Crippen MR) is 113 cm³/mol. The van der Waals surface area contributed by atoms with Crippen molar-refractivity contribution in [2.75, 3.05) is 13.2 Å². The number of carboxylic acids is 1. The van der Waals surface area contributed by atoms with E-state index in [2.05, 4.69) is 4.98 Å². The van der Waals surface area contributed by atoms with E-state index in [1.165, 1.54) is 23.5 Å². The lowest BCUT2D eigenvalue weighted by molar-refractivity contribution is 0.0531. The first-order valence-corrected chi connectivity index (χ1v) is 10.3. The van der Waals surface area contributed by atoms with Gasteiger partial charge in [-0.3, -0.25) is 9.36 Å². The normalized spacial score (nSPS) is 10.9. The molecule has 0 saturated carbocycles. The van der Waals surface area contributed by atoms with Crippen LogP contribution in [0.4, 0.5) is 0 Å². The van der Waals surface area contributed by atoms with E-state index in [1.807, 2.05) is 0 Å². The number of carbonyl (C=O) groups is 2. The third-order valence-corrected chi connectivity index (χ3v) is 5.76. The standard InChI is InChI=1S/C21H22N2O6S/c1-4-28-21(27)17-12(2)16-18(30-17)22-13(3)23(19(16)24)10-5-11-29-15-8-6-14(7-9-15)20(25)26/h6-9H,4-5,10-11H2,1-3H3,(H,25,26). The first-order valence-electron chi connectivity index (χ1n) is 9.47. The Morgan fingerprint density at radius 2 is 1.90 bits per heavy atom. The maximum Gasteiger partial charge on any atom is 0.348 e. The topological polar surface area (TPSA) is 108 Å². The van der Waals surface area contributed by atoms with Crippen molar-refractivity contribution in [3.05, 3.63) is 56.4 Å². The lowest BCUT2D eigenvalue weighted by Gasteiger charge is -2.10. The Kier molecular flexibility index (Phi) is 6.51. The molecule has 0 radical (unpaired) electrons. The summed E-state index contributed by atoms with van der Waals surface area (Å²) in [5.74, 6) is -0.307. The molecule has 0 spiro atoms. The highest BCUT2D eigenvalue weighted by molar-refractivity contribution is 7.20. The highest BCUT2D eigenvalue weighted by Gasteiger charge is 2.21. The number of nitrogens with zero attached hydrogens (tertiary/aromatic N) is 2. The van der Waals surface area contributed by atoms with E-state index in [9.17, 15) is 14.4 Å². The monoisotopic (exact) mass is 430 g/mol. The van der Waals surface area contributed by atoms with Crippen LogP contribution in [0.25, 0.3) is 10.2 Å². The van der Waals surface area contributed by atoms with Gasteiger partial charge in [0.2, 0.25) is 0 Å². The van der Waals surface area contributed by atoms with E-state index < -0.39 is 11.9 Å². The average Bonchev–Trinajstić information content (AvgIpc) is 3.04. The van der Waals surface area contributed by atoms with Crippen LogP contribution in [0, 0.1) is 13.8 Å². The number of aromatic carboxylic acids is 1. The van der Waals surface area contributed by atoms with Crippen molar-refractivity contribution in [2.24, 2.45) is 0 Å². The van der Waals surface area contributed by atoms with Crippen LogP contribution in [-0.4, -0.2) is 39.8 Å². The predicted octanol–water partition coefficient (Wildman–Crippen LogP) is 3.42. The number of aromatic nitrogens is 2. The maximum atomic E-state index is 13.0. The summed E-state index contributed by atoms with van der Waals surface area (Å²) in [5.41, 5.74) is 0.597. The molecule has 0 bridgehead atoms. The third kappa shape index (κ3) is 4.35. The Hall–Kier alpha value is -3.20. The van der Waals surface area contributed by atoms with Crippen molar-refractivity contribution in [1.29, 1.82) is 0 Å². The van der Waals surface area contributed by atoms with Crippen molar-refractivity contribution >= 4 is 33.5 Å². The number of carboxylic acid groups (broad SMARTS) is 1. The summed E-state index contributed by atoms with van der Waals surface area (Å²) in [6, 6.07) is 6.15. The van der Waals surface area contributed by atoms with Crippen LogP contribution in [0.15, 0.2) is 29.1 Å². The van der Waals surface area contributed by atoms with E-state index in [1.54, 1.807) is 37.5 Å². The number of rotatable bonds is 8. The molecule has 0 saturated heterocycles. The van der Waals surface area contributed by atoms with Crippen LogP contribution >= 0.6 is 11.3 Å². The fraction of sp³-hybridized carbons (Fsp3) is 0.333. The van der Waals surface area contributed by atoms with E-state index in [4.69, 9.17) is 14.6 Å². The molecule has 0 fully saturated rings. The molecule has 0 aliphatic carbocycles. The zero-order valence-corrected chi connectivity index (χ0v) is 17.7. The quantitative estimate of drug-likeness (QED) is 0.431. The number of hydrogen-bond acceptors (Lipinski definition) is 7. The first-order chi connectivity index (χ1) is 14.3. The number of benzene rings is 1. The van der Waals surface area contributed by atoms with Gasteiger partial charge in [-0.1, -0.05) is 0 Å². The molecule has 8 nitrogen and oxygen atoms in total. The largest absolute Gasteiger partial charge is 0.494 e. The molecule has 0 unspecified atom stereocenters. The zero-order chi connectivity index (χ0) is 21.8. The van der Waals surface area contributed by atoms with Crippen LogP contribution in [-0.2, 0) is 11.3 Å². The van der Waals surface area contributed by atoms with Gasteiger partial charge < -0.3 is 14.6 Å². The lowest BCUT2D eigenvalue weighted by Crippen LogP contribution is -2.24. The molecule has 0 aliphatic heterocycles. The van der Waals surface area contributed by atoms with Gasteiger partial charge in [-0.25, -0.2) is 14.6 Å². The fourth-order valence-corrected chi connectivity index (χ4v) is 4.19. The van der Waals surface area contributed by atoms with Crippen molar-refractivity contribution in [3.8, 4) is 5.75 Å². The molecule has 9 heteroatoms. The van der Waals surface area contributed by atoms with E-state index in [-0.39, 0.29) is 17.7 Å². The molecule has 0 aliphatic rings. The SMILES string of the molecule is CCOC(=O)c1sc2nc(C)n(CCCOc3ccc(C(=O)O)cc3)c(=O)c2c1C. The molecule has 158 valence electrons. The number of esters is 1. The second-order valence-corrected chi connectivity index (χ2v) is 7.60. The maximum absolute atomic E-state index is 13.0. The Labute approximate surface area is 176 Å². The summed E-state index contributed by atoms with van der Waals surface area (Å²) in [4.78, 5) is 41.4. The van der Waals surface area contributed by atoms with Gasteiger partial charge in [-0.05, 0) is 57.0 Å². The minimum atomic E-state index is -0.992. The second-order valence-electron chi connectivity index (χ2n) is 6.60. The summed E-state index contributed by atoms with van der Waals surface area (Å²) in [7, 11) is 0. The van der Waals surface area contributed by atoms with Gasteiger partial charge in [0.1, 0.15) is 21.3 Å². The third-order valence-electron chi connectivity index (χ3n) is 4.60. The molecular weight excluding hydrogens is 408 g/mol. The Morgan fingerprint density at radius 1 is 1.20 bits per heavy atom. The molecule has 30 heavy (non-hydrogen) atoms. The number of fused-ring (bicyclic) bond motifs is 1. The summed E-state index contributed by atoms with van der Waals surface area (Å²) >= 11 is 1.17. The van der Waals surface area contributed by atoms with Gasteiger partial charge in [0, 0.05) is 6.54 Å².